The number of β-amino-alcohol motifs (C(OH)–C–C–N with tert-alkyl or cyclic N) is 1. The maximum Gasteiger partial charge on any atom is 0.256 e. The van der Waals surface area contributed by atoms with Gasteiger partial charge >= 0.3 is 0 Å². The molecule has 0 unspecified atom stereocenters. The summed E-state index contributed by atoms with van der Waals surface area (Å²) in [6.45, 7) is 6.97. The molecule has 27 heavy (non-hydrogen) atoms. The van der Waals surface area contributed by atoms with Gasteiger partial charge in [-0.3, -0.25) is 4.79 Å². The third-order valence-electron chi connectivity index (χ3n) is 6.05. The number of amides is 1. The second-order valence-electron chi connectivity index (χ2n) is 8.15. The number of carbonyl (C=O) groups excluding carboxylic acids is 1. The molecule has 0 aromatic heterocycles. The molecule has 3 aliphatic heterocycles. The zero-order valence-electron chi connectivity index (χ0n) is 16.1. The number of benzene rings is 1. The van der Waals surface area contributed by atoms with E-state index in [4.69, 9.17) is 4.74 Å². The molecule has 3 saturated heterocycles. The van der Waals surface area contributed by atoms with Gasteiger partial charge in [-0.2, -0.15) is 0 Å². The first-order valence-corrected chi connectivity index (χ1v) is 10.3. The van der Waals surface area contributed by atoms with E-state index in [0.29, 0.717) is 26.3 Å². The molecule has 0 aliphatic carbocycles. The zero-order valence-corrected chi connectivity index (χ0v) is 16.1. The second kappa shape index (κ2) is 8.17. The van der Waals surface area contributed by atoms with E-state index in [9.17, 15) is 9.90 Å². The molecule has 1 amide bonds. The molecule has 4 rings (SSSR count). The number of anilines is 1. The lowest BCUT2D eigenvalue weighted by molar-refractivity contribution is -0.0430. The Morgan fingerprint density at radius 2 is 1.78 bits per heavy atom. The Morgan fingerprint density at radius 3 is 2.56 bits per heavy atom. The van der Waals surface area contributed by atoms with Crippen molar-refractivity contribution < 1.29 is 14.6 Å². The molecule has 0 saturated carbocycles. The number of piperidine rings is 1. The number of hydrogen-bond acceptors (Lipinski definition) is 5. The molecule has 1 aromatic carbocycles. The molecule has 148 valence electrons. The van der Waals surface area contributed by atoms with E-state index in [0.717, 1.165) is 56.8 Å². The van der Waals surface area contributed by atoms with Crippen LogP contribution in [-0.2, 0) is 4.74 Å². The Balaban J connectivity index is 1.49. The van der Waals surface area contributed by atoms with Gasteiger partial charge < -0.3 is 24.5 Å². The Hall–Kier alpha value is -1.63. The number of morpholine rings is 1. The smallest absolute Gasteiger partial charge is 0.256 e. The number of nitrogens with zero attached hydrogens (tertiary/aromatic N) is 3. The van der Waals surface area contributed by atoms with E-state index < -0.39 is 5.60 Å². The quantitative estimate of drug-likeness (QED) is 0.869. The lowest BCUT2D eigenvalue weighted by Gasteiger charge is -2.41. The van der Waals surface area contributed by atoms with Crippen molar-refractivity contribution in [3.05, 3.63) is 29.8 Å². The molecule has 0 bridgehead atoms. The standard InChI is InChI=1S/C21H31N3O3/c25-20(18-6-1-2-7-19(18)23-12-14-27-15-13-23)24-11-5-8-21(26,17-24)16-22-9-3-4-10-22/h1-2,6-7,26H,3-5,8-17H2/t21-/m1/s1. The van der Waals surface area contributed by atoms with Crippen LogP contribution in [0, 0.1) is 0 Å². The Labute approximate surface area is 161 Å². The highest BCUT2D eigenvalue weighted by atomic mass is 16.5. The van der Waals surface area contributed by atoms with E-state index in [1.165, 1.54) is 12.8 Å². The number of rotatable bonds is 4. The number of para-hydroxylation sites is 1. The first kappa shape index (κ1) is 18.7. The number of ether oxygens (including phenoxy) is 1. The van der Waals surface area contributed by atoms with Crippen molar-refractivity contribution >= 4 is 11.6 Å². The SMILES string of the molecule is O=C(c1ccccc1N1CCOCC1)N1CCC[C@@](O)(CN2CCCC2)C1. The maximum atomic E-state index is 13.3. The van der Waals surface area contributed by atoms with E-state index in [-0.39, 0.29) is 5.91 Å². The van der Waals surface area contributed by atoms with Gasteiger partial charge in [0, 0.05) is 31.9 Å². The predicted octanol–water partition coefficient (Wildman–Crippen LogP) is 1.59. The molecule has 6 nitrogen and oxygen atoms in total. The van der Waals surface area contributed by atoms with Crippen LogP contribution in [0.15, 0.2) is 24.3 Å². The highest BCUT2D eigenvalue weighted by molar-refractivity contribution is 6.00. The highest BCUT2D eigenvalue weighted by Crippen LogP contribution is 2.28. The van der Waals surface area contributed by atoms with E-state index in [2.05, 4.69) is 9.80 Å². The summed E-state index contributed by atoms with van der Waals surface area (Å²) < 4.78 is 5.45. The van der Waals surface area contributed by atoms with Crippen LogP contribution in [0.1, 0.15) is 36.0 Å². The second-order valence-corrected chi connectivity index (χ2v) is 8.15. The number of carbonyl (C=O) groups is 1. The van der Waals surface area contributed by atoms with Crippen molar-refractivity contribution in [2.24, 2.45) is 0 Å². The highest BCUT2D eigenvalue weighted by Gasteiger charge is 2.38. The van der Waals surface area contributed by atoms with Crippen LogP contribution in [0.3, 0.4) is 0 Å². The van der Waals surface area contributed by atoms with Crippen LogP contribution in [0.2, 0.25) is 0 Å². The zero-order chi connectivity index (χ0) is 18.7. The van der Waals surface area contributed by atoms with E-state index in [1.54, 1.807) is 0 Å². The van der Waals surface area contributed by atoms with Gasteiger partial charge in [-0.25, -0.2) is 0 Å². The van der Waals surface area contributed by atoms with Crippen LogP contribution < -0.4 is 4.90 Å². The van der Waals surface area contributed by atoms with E-state index >= 15 is 0 Å². The fourth-order valence-corrected chi connectivity index (χ4v) is 4.68. The largest absolute Gasteiger partial charge is 0.387 e. The first-order valence-electron chi connectivity index (χ1n) is 10.3. The van der Waals surface area contributed by atoms with Crippen molar-refractivity contribution in [1.82, 2.24) is 9.80 Å². The predicted molar refractivity (Wildman–Crippen MR) is 105 cm³/mol. The number of hydrogen-bond donors (Lipinski definition) is 1. The molecule has 1 aromatic rings. The minimum Gasteiger partial charge on any atom is -0.387 e. The normalized spacial score (nSPS) is 27.1. The van der Waals surface area contributed by atoms with E-state index in [1.807, 2.05) is 29.2 Å². The van der Waals surface area contributed by atoms with Crippen LogP contribution >= 0.6 is 0 Å². The van der Waals surface area contributed by atoms with Crippen LogP contribution in [0.5, 0.6) is 0 Å². The van der Waals surface area contributed by atoms with Crippen LogP contribution in [-0.4, -0.2) is 85.4 Å². The van der Waals surface area contributed by atoms with Crippen molar-refractivity contribution in [3.8, 4) is 0 Å². The maximum absolute atomic E-state index is 13.3. The van der Waals surface area contributed by atoms with Gasteiger partial charge in [0.15, 0.2) is 0 Å². The molecule has 1 atom stereocenters. The summed E-state index contributed by atoms with van der Waals surface area (Å²) in [6, 6.07) is 7.86. The molecular formula is C21H31N3O3. The summed E-state index contributed by atoms with van der Waals surface area (Å²) in [5.74, 6) is 0.0386. The van der Waals surface area contributed by atoms with Gasteiger partial charge in [0.25, 0.3) is 5.91 Å². The van der Waals surface area contributed by atoms with Crippen molar-refractivity contribution in [2.45, 2.75) is 31.3 Å². The monoisotopic (exact) mass is 373 g/mol. The van der Waals surface area contributed by atoms with Gasteiger partial charge in [-0.15, -0.1) is 0 Å². The molecule has 3 aliphatic rings. The minimum absolute atomic E-state index is 0.0386. The van der Waals surface area contributed by atoms with Crippen LogP contribution in [0.25, 0.3) is 0 Å². The Kier molecular flexibility index (Phi) is 5.66. The fraction of sp³-hybridized carbons (Fsp3) is 0.667. The molecule has 0 spiro atoms. The topological polar surface area (TPSA) is 56.3 Å². The summed E-state index contributed by atoms with van der Waals surface area (Å²) in [6.07, 6.45) is 4.06. The average Bonchev–Trinajstić information content (AvgIpc) is 3.20. The molecule has 3 fully saturated rings. The Morgan fingerprint density at radius 1 is 1.04 bits per heavy atom. The summed E-state index contributed by atoms with van der Waals surface area (Å²) in [5, 5.41) is 11.2. The first-order chi connectivity index (χ1) is 13.1. The fourth-order valence-electron chi connectivity index (χ4n) is 4.68. The lowest BCUT2D eigenvalue weighted by atomic mass is 9.91. The number of aliphatic hydroxyl groups is 1. The summed E-state index contributed by atoms with van der Waals surface area (Å²) in [5.41, 5.74) is 0.941. The molecule has 1 N–H and O–H groups in total. The van der Waals surface area contributed by atoms with Gasteiger partial charge in [-0.05, 0) is 50.9 Å². The number of likely N-dealkylation sites (tertiary alicyclic amines) is 2. The van der Waals surface area contributed by atoms with Gasteiger partial charge in [-0.1, -0.05) is 12.1 Å². The summed E-state index contributed by atoms with van der Waals surface area (Å²) in [7, 11) is 0. The minimum atomic E-state index is -0.786. The van der Waals surface area contributed by atoms with Crippen LogP contribution in [0.4, 0.5) is 5.69 Å². The van der Waals surface area contributed by atoms with Gasteiger partial charge in [0.1, 0.15) is 0 Å². The summed E-state index contributed by atoms with van der Waals surface area (Å²) >= 11 is 0. The average molecular weight is 373 g/mol. The molecule has 6 heteroatoms. The molecule has 0 radical (unpaired) electrons. The Bertz CT molecular complexity index is 656. The van der Waals surface area contributed by atoms with Gasteiger partial charge in [0.2, 0.25) is 0 Å². The van der Waals surface area contributed by atoms with Crippen molar-refractivity contribution in [2.75, 3.05) is 63.9 Å². The summed E-state index contributed by atoms with van der Waals surface area (Å²) in [4.78, 5) is 19.8. The molecule has 3 heterocycles. The lowest BCUT2D eigenvalue weighted by Crippen LogP contribution is -2.55. The third-order valence-corrected chi connectivity index (χ3v) is 6.05. The van der Waals surface area contributed by atoms with Crippen molar-refractivity contribution in [1.29, 1.82) is 0 Å². The van der Waals surface area contributed by atoms with Gasteiger partial charge in [0.05, 0.1) is 30.9 Å². The van der Waals surface area contributed by atoms with Crippen molar-refractivity contribution in [3.63, 3.8) is 0 Å². The molecular weight excluding hydrogens is 342 g/mol. The third kappa shape index (κ3) is 4.28.